The Morgan fingerprint density at radius 3 is 2.11 bits per heavy atom. The molecule has 0 unspecified atom stereocenters. The van der Waals surface area contributed by atoms with Crippen molar-refractivity contribution in [1.29, 1.82) is 0 Å². The number of thioether (sulfide) groups is 1. The molecule has 0 spiro atoms. The minimum atomic E-state index is -0.403. The van der Waals surface area contributed by atoms with E-state index in [2.05, 4.69) is 32.9 Å². The number of imide groups is 1. The van der Waals surface area contributed by atoms with Gasteiger partial charge in [0.1, 0.15) is 0 Å². The molecule has 2 aromatic carbocycles. The highest BCUT2D eigenvalue weighted by molar-refractivity contribution is 8.00. The lowest BCUT2D eigenvalue weighted by molar-refractivity contribution is -0.121. The van der Waals surface area contributed by atoms with Gasteiger partial charge in [-0.05, 0) is 60.2 Å². The van der Waals surface area contributed by atoms with Gasteiger partial charge in [0.2, 0.25) is 11.8 Å². The molecule has 1 fully saturated rings. The zero-order valence-corrected chi connectivity index (χ0v) is 17.9. The molecule has 0 saturated carbocycles. The van der Waals surface area contributed by atoms with Gasteiger partial charge in [-0.3, -0.25) is 9.59 Å². The second-order valence-corrected chi connectivity index (χ2v) is 9.75. The molecule has 0 aliphatic carbocycles. The minimum absolute atomic E-state index is 0.0139. The molecule has 0 bridgehead atoms. The topological polar surface area (TPSA) is 37.4 Å². The molecule has 1 atom stereocenters. The maximum absolute atomic E-state index is 13.0. The van der Waals surface area contributed by atoms with Crippen LogP contribution in [-0.4, -0.2) is 17.1 Å². The van der Waals surface area contributed by atoms with Crippen LogP contribution in [0.5, 0.6) is 0 Å². The van der Waals surface area contributed by atoms with Crippen molar-refractivity contribution in [3.63, 3.8) is 0 Å². The van der Waals surface area contributed by atoms with E-state index >= 15 is 0 Å². The van der Waals surface area contributed by atoms with Crippen molar-refractivity contribution >= 4 is 40.9 Å². The summed E-state index contributed by atoms with van der Waals surface area (Å²) in [6.45, 7) is 10.4. The Morgan fingerprint density at radius 1 is 1.04 bits per heavy atom. The maximum atomic E-state index is 13.0. The van der Waals surface area contributed by atoms with Crippen molar-refractivity contribution in [2.45, 2.75) is 56.6 Å². The Balaban J connectivity index is 1.90. The molecule has 5 heteroatoms. The highest BCUT2D eigenvalue weighted by Gasteiger charge is 2.41. The van der Waals surface area contributed by atoms with Gasteiger partial charge in [0.15, 0.2) is 0 Å². The molecule has 3 nitrogen and oxygen atoms in total. The van der Waals surface area contributed by atoms with Crippen molar-refractivity contribution in [2.75, 3.05) is 4.90 Å². The summed E-state index contributed by atoms with van der Waals surface area (Å²) in [6, 6.07) is 11.5. The van der Waals surface area contributed by atoms with Crippen LogP contribution in [0.4, 0.5) is 5.69 Å². The number of anilines is 1. The quantitative estimate of drug-likeness (QED) is 0.621. The Morgan fingerprint density at radius 2 is 1.59 bits per heavy atom. The number of hydrogen-bond donors (Lipinski definition) is 0. The summed E-state index contributed by atoms with van der Waals surface area (Å²) in [6.07, 6.45) is 0.214. The zero-order valence-electron chi connectivity index (χ0n) is 16.3. The molecule has 3 rings (SSSR count). The van der Waals surface area contributed by atoms with Gasteiger partial charge in [-0.25, -0.2) is 4.90 Å². The fourth-order valence-electron chi connectivity index (χ4n) is 3.35. The van der Waals surface area contributed by atoms with Crippen LogP contribution in [0.3, 0.4) is 0 Å². The van der Waals surface area contributed by atoms with Crippen molar-refractivity contribution in [3.8, 4) is 0 Å². The number of aryl methyl sites for hydroxylation is 2. The number of hydrogen-bond acceptors (Lipinski definition) is 3. The van der Waals surface area contributed by atoms with Gasteiger partial charge in [-0.2, -0.15) is 0 Å². The standard InChI is InChI=1S/C22H24ClNO2S/c1-13-10-15(22(3,4)5)11-14(2)20(13)24-19(25)12-18(21(24)26)27-17-8-6-16(23)7-9-17/h6-11,18H,12H2,1-5H3/t18-/m1/s1. The van der Waals surface area contributed by atoms with Gasteiger partial charge in [0.05, 0.1) is 10.9 Å². The number of halogens is 1. The Hall–Kier alpha value is -1.78. The molecule has 1 saturated heterocycles. The molecule has 2 amide bonds. The van der Waals surface area contributed by atoms with Crippen LogP contribution in [0.25, 0.3) is 0 Å². The maximum Gasteiger partial charge on any atom is 0.247 e. The number of amides is 2. The number of carbonyl (C=O) groups excluding carboxylic acids is 2. The first kappa shape index (κ1) is 20.0. The predicted octanol–water partition coefficient (Wildman–Crippen LogP) is 5.68. The first-order valence-electron chi connectivity index (χ1n) is 8.98. The Bertz CT molecular complexity index is 877. The van der Waals surface area contributed by atoms with Crippen LogP contribution in [0.2, 0.25) is 5.02 Å². The normalized spacial score (nSPS) is 17.7. The molecule has 2 aromatic rings. The van der Waals surface area contributed by atoms with Crippen LogP contribution in [0.15, 0.2) is 41.3 Å². The average molecular weight is 402 g/mol. The third-order valence-electron chi connectivity index (χ3n) is 4.78. The molecule has 142 valence electrons. The van der Waals surface area contributed by atoms with Crippen LogP contribution in [0, 0.1) is 13.8 Å². The molecule has 0 aromatic heterocycles. The SMILES string of the molecule is Cc1cc(C(C)(C)C)cc(C)c1N1C(=O)C[C@@H](Sc2ccc(Cl)cc2)C1=O. The van der Waals surface area contributed by atoms with Crippen molar-refractivity contribution in [1.82, 2.24) is 0 Å². The molecule has 1 aliphatic heterocycles. The summed E-state index contributed by atoms with van der Waals surface area (Å²) >= 11 is 7.34. The number of rotatable bonds is 3. The largest absolute Gasteiger partial charge is 0.274 e. The van der Waals surface area contributed by atoms with Crippen LogP contribution in [-0.2, 0) is 15.0 Å². The Kier molecular flexibility index (Phi) is 5.42. The van der Waals surface area contributed by atoms with E-state index in [9.17, 15) is 9.59 Å². The van der Waals surface area contributed by atoms with E-state index in [1.165, 1.54) is 22.2 Å². The lowest BCUT2D eigenvalue weighted by atomic mass is 9.84. The zero-order chi connectivity index (χ0) is 19.9. The fraction of sp³-hybridized carbons (Fsp3) is 0.364. The van der Waals surface area contributed by atoms with Gasteiger partial charge in [-0.1, -0.05) is 44.5 Å². The first-order valence-corrected chi connectivity index (χ1v) is 10.2. The number of nitrogens with zero attached hydrogens (tertiary/aromatic N) is 1. The van der Waals surface area contributed by atoms with Crippen LogP contribution >= 0.6 is 23.4 Å². The monoisotopic (exact) mass is 401 g/mol. The molecule has 0 N–H and O–H groups in total. The predicted molar refractivity (Wildman–Crippen MR) is 113 cm³/mol. The fourth-order valence-corrected chi connectivity index (χ4v) is 4.53. The third kappa shape index (κ3) is 4.07. The van der Waals surface area contributed by atoms with Gasteiger partial charge in [0, 0.05) is 16.3 Å². The van der Waals surface area contributed by atoms with Crippen molar-refractivity contribution in [3.05, 3.63) is 58.1 Å². The van der Waals surface area contributed by atoms with E-state index in [4.69, 9.17) is 11.6 Å². The highest BCUT2D eigenvalue weighted by Crippen LogP contribution is 2.38. The summed E-state index contributed by atoms with van der Waals surface area (Å²) in [5.41, 5.74) is 3.86. The van der Waals surface area contributed by atoms with Gasteiger partial charge in [-0.15, -0.1) is 11.8 Å². The lowest BCUT2D eigenvalue weighted by Crippen LogP contribution is -2.32. The second kappa shape index (κ2) is 7.33. The van der Waals surface area contributed by atoms with E-state index in [0.29, 0.717) is 5.02 Å². The molecular formula is C22H24ClNO2S. The first-order chi connectivity index (χ1) is 12.6. The van der Waals surface area contributed by atoms with E-state index in [0.717, 1.165) is 21.7 Å². The molecular weight excluding hydrogens is 378 g/mol. The minimum Gasteiger partial charge on any atom is -0.274 e. The van der Waals surface area contributed by atoms with E-state index in [1.807, 2.05) is 26.0 Å². The number of benzene rings is 2. The lowest BCUT2D eigenvalue weighted by Gasteiger charge is -2.25. The van der Waals surface area contributed by atoms with Gasteiger partial charge >= 0.3 is 0 Å². The summed E-state index contributed by atoms with van der Waals surface area (Å²) in [5, 5.41) is 0.250. The molecule has 1 heterocycles. The Labute approximate surface area is 170 Å². The average Bonchev–Trinajstić information content (AvgIpc) is 2.83. The molecule has 27 heavy (non-hydrogen) atoms. The van der Waals surface area contributed by atoms with Crippen molar-refractivity contribution < 1.29 is 9.59 Å². The van der Waals surface area contributed by atoms with Gasteiger partial charge < -0.3 is 0 Å². The van der Waals surface area contributed by atoms with Crippen LogP contribution in [0.1, 0.15) is 43.9 Å². The highest BCUT2D eigenvalue weighted by atomic mass is 35.5. The summed E-state index contributed by atoms with van der Waals surface area (Å²) in [4.78, 5) is 28.0. The smallest absolute Gasteiger partial charge is 0.247 e. The number of carbonyl (C=O) groups is 2. The van der Waals surface area contributed by atoms with Gasteiger partial charge in [0.25, 0.3) is 0 Å². The molecule has 1 aliphatic rings. The van der Waals surface area contributed by atoms with Crippen molar-refractivity contribution in [2.24, 2.45) is 0 Å². The van der Waals surface area contributed by atoms with Crippen LogP contribution < -0.4 is 4.90 Å². The second-order valence-electron chi connectivity index (χ2n) is 8.04. The molecule has 0 radical (unpaired) electrons. The summed E-state index contributed by atoms with van der Waals surface area (Å²) in [5.74, 6) is -0.282. The summed E-state index contributed by atoms with van der Waals surface area (Å²) < 4.78 is 0. The van der Waals surface area contributed by atoms with E-state index < -0.39 is 5.25 Å². The third-order valence-corrected chi connectivity index (χ3v) is 6.23. The summed E-state index contributed by atoms with van der Waals surface area (Å²) in [7, 11) is 0. The van der Waals surface area contributed by atoms with E-state index in [1.54, 1.807) is 12.1 Å². The van der Waals surface area contributed by atoms with E-state index in [-0.39, 0.29) is 23.7 Å².